The van der Waals surface area contributed by atoms with Crippen molar-refractivity contribution in [1.82, 2.24) is 10.2 Å². The molecule has 0 aromatic heterocycles. The van der Waals surface area contributed by atoms with Gasteiger partial charge in [-0.05, 0) is 17.7 Å². The van der Waals surface area contributed by atoms with E-state index in [1.54, 1.807) is 14.1 Å². The quantitative estimate of drug-likeness (QED) is 0.835. The Labute approximate surface area is 142 Å². The van der Waals surface area contributed by atoms with Crippen LogP contribution >= 0.6 is 0 Å². The molecule has 1 aliphatic carbocycles. The molecule has 0 saturated carbocycles. The second kappa shape index (κ2) is 6.66. The maximum atomic E-state index is 12.7. The Morgan fingerprint density at radius 2 is 1.76 bits per heavy atom. The molecule has 1 aliphatic rings. The number of alkyl halides is 3. The third-order valence-electron chi connectivity index (χ3n) is 3.61. The van der Waals surface area contributed by atoms with Crippen molar-refractivity contribution >= 4 is 11.7 Å². The van der Waals surface area contributed by atoms with Gasteiger partial charge in [0.2, 0.25) is 0 Å². The summed E-state index contributed by atoms with van der Waals surface area (Å²) in [6.45, 7) is 0. The monoisotopic (exact) mass is 358 g/mol. The van der Waals surface area contributed by atoms with Gasteiger partial charge in [-0.3, -0.25) is 9.59 Å². The molecule has 6 nitrogen and oxygen atoms in total. The summed E-state index contributed by atoms with van der Waals surface area (Å²) < 4.78 is 48.2. The molecule has 0 saturated heterocycles. The van der Waals surface area contributed by atoms with Crippen molar-refractivity contribution in [2.24, 2.45) is 0 Å². The average Bonchev–Trinajstić information content (AvgIpc) is 2.77. The summed E-state index contributed by atoms with van der Waals surface area (Å²) >= 11 is 0. The number of benzene rings is 1. The number of hydrogen-bond acceptors (Lipinski definition) is 5. The molecule has 1 N–H and O–H groups in total. The Hall–Kier alpha value is -2.71. The van der Waals surface area contributed by atoms with Crippen LogP contribution in [0.1, 0.15) is 22.0 Å². The van der Waals surface area contributed by atoms with Crippen LogP contribution in [0.15, 0.2) is 23.9 Å². The number of Topliss-reactive ketones (excluding diaryl/α,β-unsaturated/α-hetero) is 1. The van der Waals surface area contributed by atoms with Crippen molar-refractivity contribution < 1.29 is 32.2 Å². The molecule has 0 unspecified atom stereocenters. The summed E-state index contributed by atoms with van der Waals surface area (Å²) in [5.74, 6) is -2.11. The number of ketones is 1. The zero-order valence-corrected chi connectivity index (χ0v) is 14.0. The SMILES string of the molecule is COc1cc2c(cc1OC)[C@H](NC(=O)C(F)(F)F)/C(=C/N(C)C)C2=O. The fourth-order valence-electron chi connectivity index (χ4n) is 2.56. The van der Waals surface area contributed by atoms with E-state index in [1.807, 2.05) is 5.32 Å². The lowest BCUT2D eigenvalue weighted by Gasteiger charge is -2.18. The Kier molecular flexibility index (Phi) is 4.96. The Morgan fingerprint density at radius 1 is 1.20 bits per heavy atom. The van der Waals surface area contributed by atoms with Crippen LogP contribution in [-0.4, -0.2) is 51.1 Å². The summed E-state index contributed by atoms with van der Waals surface area (Å²) in [4.78, 5) is 25.5. The van der Waals surface area contributed by atoms with Gasteiger partial charge >= 0.3 is 12.1 Å². The zero-order chi connectivity index (χ0) is 18.9. The molecule has 1 aromatic carbocycles. The number of carbonyl (C=O) groups is 2. The third kappa shape index (κ3) is 3.54. The summed E-state index contributed by atoms with van der Waals surface area (Å²) in [6.07, 6.45) is -3.69. The van der Waals surface area contributed by atoms with Crippen LogP contribution < -0.4 is 14.8 Å². The largest absolute Gasteiger partial charge is 0.493 e. The van der Waals surface area contributed by atoms with Gasteiger partial charge in [-0.15, -0.1) is 0 Å². The van der Waals surface area contributed by atoms with Gasteiger partial charge < -0.3 is 19.7 Å². The molecule has 1 aromatic rings. The minimum atomic E-state index is -5.06. The Balaban J connectivity index is 2.59. The van der Waals surface area contributed by atoms with Crippen LogP contribution in [0.3, 0.4) is 0 Å². The van der Waals surface area contributed by atoms with E-state index in [2.05, 4.69) is 0 Å². The zero-order valence-electron chi connectivity index (χ0n) is 14.0. The smallest absolute Gasteiger partial charge is 0.471 e. The number of hydrogen-bond donors (Lipinski definition) is 1. The van der Waals surface area contributed by atoms with Crippen molar-refractivity contribution in [2.75, 3.05) is 28.3 Å². The van der Waals surface area contributed by atoms with E-state index in [0.717, 1.165) is 0 Å². The van der Waals surface area contributed by atoms with E-state index < -0.39 is 23.9 Å². The number of carbonyl (C=O) groups excluding carboxylic acids is 2. The number of methoxy groups -OCH3 is 2. The van der Waals surface area contributed by atoms with Gasteiger partial charge in [-0.2, -0.15) is 13.2 Å². The standard InChI is InChI=1S/C16H17F3N2O4/c1-21(2)7-10-13(20-15(23)16(17,18)19)8-5-11(24-3)12(25-4)6-9(8)14(10)22/h5-7,13H,1-4H3,(H,20,23)/b10-7-/t13-/m0/s1. The number of ether oxygens (including phenoxy) is 2. The van der Waals surface area contributed by atoms with Crippen molar-refractivity contribution in [3.63, 3.8) is 0 Å². The first-order valence-electron chi connectivity index (χ1n) is 7.16. The molecule has 0 radical (unpaired) electrons. The number of amides is 1. The van der Waals surface area contributed by atoms with Gasteiger partial charge in [0.15, 0.2) is 17.3 Å². The fourth-order valence-corrected chi connectivity index (χ4v) is 2.56. The van der Waals surface area contributed by atoms with E-state index in [1.165, 1.54) is 37.5 Å². The minimum Gasteiger partial charge on any atom is -0.493 e. The molecular formula is C16H17F3N2O4. The summed E-state index contributed by atoms with van der Waals surface area (Å²) in [5, 5.41) is 1.87. The molecule has 0 bridgehead atoms. The molecular weight excluding hydrogens is 341 g/mol. The predicted octanol–water partition coefficient (Wildman–Crippen LogP) is 2.07. The first-order valence-corrected chi connectivity index (χ1v) is 7.16. The lowest BCUT2D eigenvalue weighted by Crippen LogP contribution is -2.39. The molecule has 1 atom stereocenters. The lowest BCUT2D eigenvalue weighted by atomic mass is 10.1. The van der Waals surface area contributed by atoms with Gasteiger partial charge in [0, 0.05) is 31.4 Å². The highest BCUT2D eigenvalue weighted by Gasteiger charge is 2.44. The van der Waals surface area contributed by atoms with Gasteiger partial charge in [0.25, 0.3) is 0 Å². The highest BCUT2D eigenvalue weighted by molar-refractivity contribution is 6.15. The van der Waals surface area contributed by atoms with E-state index in [-0.39, 0.29) is 28.2 Å². The van der Waals surface area contributed by atoms with E-state index in [4.69, 9.17) is 9.47 Å². The first-order chi connectivity index (χ1) is 11.6. The second-order valence-corrected chi connectivity index (χ2v) is 5.58. The Morgan fingerprint density at radius 3 is 2.24 bits per heavy atom. The van der Waals surface area contributed by atoms with Crippen molar-refractivity contribution in [1.29, 1.82) is 0 Å². The molecule has 2 rings (SSSR count). The number of rotatable bonds is 4. The number of nitrogens with one attached hydrogen (secondary N) is 1. The average molecular weight is 358 g/mol. The van der Waals surface area contributed by atoms with Crippen molar-refractivity contribution in [3.05, 3.63) is 35.0 Å². The molecule has 1 amide bonds. The topological polar surface area (TPSA) is 67.9 Å². The molecule has 136 valence electrons. The molecule has 0 heterocycles. The number of nitrogens with zero attached hydrogens (tertiary/aromatic N) is 1. The fraction of sp³-hybridized carbons (Fsp3) is 0.375. The number of halogens is 3. The molecule has 0 aliphatic heterocycles. The molecule has 0 fully saturated rings. The van der Waals surface area contributed by atoms with Crippen LogP contribution in [0.4, 0.5) is 13.2 Å². The normalized spacial score (nSPS) is 18.1. The Bertz CT molecular complexity index is 742. The van der Waals surface area contributed by atoms with E-state index >= 15 is 0 Å². The summed E-state index contributed by atoms with van der Waals surface area (Å²) in [6, 6.07) is 1.54. The predicted molar refractivity (Wildman–Crippen MR) is 82.6 cm³/mol. The van der Waals surface area contributed by atoms with Crippen molar-refractivity contribution in [2.45, 2.75) is 12.2 Å². The van der Waals surface area contributed by atoms with Crippen LogP contribution in [-0.2, 0) is 4.79 Å². The third-order valence-corrected chi connectivity index (χ3v) is 3.61. The van der Waals surface area contributed by atoms with Gasteiger partial charge in [-0.25, -0.2) is 0 Å². The van der Waals surface area contributed by atoms with Crippen LogP contribution in [0, 0.1) is 0 Å². The van der Waals surface area contributed by atoms with Crippen molar-refractivity contribution in [3.8, 4) is 11.5 Å². The second-order valence-electron chi connectivity index (χ2n) is 5.58. The number of fused-ring (bicyclic) bond motifs is 1. The van der Waals surface area contributed by atoms with E-state index in [9.17, 15) is 22.8 Å². The van der Waals surface area contributed by atoms with Crippen LogP contribution in [0.5, 0.6) is 11.5 Å². The summed E-state index contributed by atoms with van der Waals surface area (Å²) in [5.41, 5.74) is 0.388. The van der Waals surface area contributed by atoms with Gasteiger partial charge in [0.1, 0.15) is 0 Å². The molecule has 9 heteroatoms. The highest BCUT2D eigenvalue weighted by Crippen LogP contribution is 2.42. The molecule has 25 heavy (non-hydrogen) atoms. The first kappa shape index (κ1) is 18.6. The maximum absolute atomic E-state index is 12.7. The highest BCUT2D eigenvalue weighted by atomic mass is 19.4. The summed E-state index contributed by atoms with van der Waals surface area (Å²) in [7, 11) is 5.98. The van der Waals surface area contributed by atoms with Gasteiger partial charge in [-0.1, -0.05) is 0 Å². The van der Waals surface area contributed by atoms with Gasteiger partial charge in [0.05, 0.1) is 20.3 Å². The van der Waals surface area contributed by atoms with Crippen LogP contribution in [0.25, 0.3) is 0 Å². The van der Waals surface area contributed by atoms with E-state index in [0.29, 0.717) is 0 Å². The lowest BCUT2D eigenvalue weighted by molar-refractivity contribution is -0.174. The maximum Gasteiger partial charge on any atom is 0.471 e. The van der Waals surface area contributed by atoms with Crippen LogP contribution in [0.2, 0.25) is 0 Å². The minimum absolute atomic E-state index is 0.0212. The molecule has 0 spiro atoms.